The van der Waals surface area contributed by atoms with E-state index in [2.05, 4.69) is 5.32 Å². The molecule has 10 heteroatoms. The minimum atomic E-state index is -2.82. The lowest BCUT2D eigenvalue weighted by Gasteiger charge is -2.48. The van der Waals surface area contributed by atoms with Gasteiger partial charge < -0.3 is 40.7 Å². The highest BCUT2D eigenvalue weighted by Gasteiger charge is 2.58. The molecular weight excluding hydrogens is 302 g/mol. The van der Waals surface area contributed by atoms with Gasteiger partial charge in [0.2, 0.25) is 5.91 Å². The second-order valence-corrected chi connectivity index (χ2v) is 5.33. The maximum absolute atomic E-state index is 11.2. The van der Waals surface area contributed by atoms with Gasteiger partial charge >= 0.3 is 5.97 Å². The van der Waals surface area contributed by atoms with Crippen LogP contribution >= 0.6 is 0 Å². The third-order valence-corrected chi connectivity index (χ3v) is 3.76. The lowest BCUT2D eigenvalue weighted by atomic mass is 9.81. The average Bonchev–Trinajstić information content (AvgIpc) is 2.45. The fraction of sp³-hybridized carbons (Fsp3) is 0.833. The van der Waals surface area contributed by atoms with Crippen LogP contribution in [0.4, 0.5) is 0 Å². The number of rotatable bonds is 5. The first-order valence-corrected chi connectivity index (χ1v) is 6.62. The standard InChI is InChI=1S/C12H21NO9/c1-4-8(17)7(13-5(2)15)10(9(18)6(16)3-14)22-12(4,21)11(19)20/h4,6-10,14,16-18,21H,3H2,1-2H3,(H,13,15)(H,19,20)/t4?,6-,7?,8?,9-,10?,12?/m1/s1. The van der Waals surface area contributed by atoms with Crippen LogP contribution in [0, 0.1) is 5.92 Å². The van der Waals surface area contributed by atoms with Gasteiger partial charge in [0.05, 0.1) is 18.8 Å². The van der Waals surface area contributed by atoms with Gasteiger partial charge in [-0.05, 0) is 0 Å². The first-order chi connectivity index (χ1) is 10.1. The number of carbonyl (C=O) groups is 2. The summed E-state index contributed by atoms with van der Waals surface area (Å²) < 4.78 is 4.98. The van der Waals surface area contributed by atoms with Crippen molar-refractivity contribution in [3.05, 3.63) is 0 Å². The molecule has 10 nitrogen and oxygen atoms in total. The number of aliphatic hydroxyl groups excluding tert-OH is 4. The van der Waals surface area contributed by atoms with Crippen molar-refractivity contribution in [1.82, 2.24) is 5.32 Å². The van der Waals surface area contributed by atoms with Gasteiger partial charge in [-0.25, -0.2) is 4.79 Å². The third-order valence-electron chi connectivity index (χ3n) is 3.76. The second-order valence-electron chi connectivity index (χ2n) is 5.33. The summed E-state index contributed by atoms with van der Waals surface area (Å²) in [5.41, 5.74) is 0. The van der Waals surface area contributed by atoms with E-state index in [9.17, 15) is 30.0 Å². The largest absolute Gasteiger partial charge is 0.477 e. The Morgan fingerprint density at radius 2 is 1.91 bits per heavy atom. The van der Waals surface area contributed by atoms with Gasteiger partial charge in [0.15, 0.2) is 0 Å². The van der Waals surface area contributed by atoms with E-state index in [0.29, 0.717) is 0 Å². The minimum absolute atomic E-state index is 0.601. The highest BCUT2D eigenvalue weighted by atomic mass is 16.7. The second kappa shape index (κ2) is 6.86. The van der Waals surface area contributed by atoms with Crippen molar-refractivity contribution in [3.8, 4) is 0 Å². The van der Waals surface area contributed by atoms with Gasteiger partial charge in [-0.2, -0.15) is 0 Å². The Labute approximate surface area is 125 Å². The Balaban J connectivity index is 3.19. The maximum atomic E-state index is 11.2. The van der Waals surface area contributed by atoms with E-state index in [1.165, 1.54) is 6.92 Å². The molecule has 0 radical (unpaired) electrons. The molecule has 0 aromatic heterocycles. The quantitative estimate of drug-likeness (QED) is 0.269. The minimum Gasteiger partial charge on any atom is -0.477 e. The highest BCUT2D eigenvalue weighted by molar-refractivity contribution is 5.76. The Bertz CT molecular complexity index is 431. The average molecular weight is 323 g/mol. The van der Waals surface area contributed by atoms with Crippen LogP contribution in [-0.2, 0) is 14.3 Å². The maximum Gasteiger partial charge on any atom is 0.364 e. The van der Waals surface area contributed by atoms with E-state index < -0.39 is 60.6 Å². The SMILES string of the molecule is CC(=O)NC1C(O)C(C)C(O)(C(=O)O)OC1[C@H](O)[C@H](O)CO. The van der Waals surface area contributed by atoms with E-state index in [4.69, 9.17) is 14.9 Å². The number of carbonyl (C=O) groups excluding carboxylic acids is 1. The van der Waals surface area contributed by atoms with Crippen LogP contribution in [0.25, 0.3) is 0 Å². The van der Waals surface area contributed by atoms with Crippen LogP contribution in [0.3, 0.4) is 0 Å². The van der Waals surface area contributed by atoms with E-state index in [1.54, 1.807) is 0 Å². The normalized spacial score (nSPS) is 38.1. The third kappa shape index (κ3) is 3.37. The molecule has 1 heterocycles. The summed E-state index contributed by atoms with van der Waals surface area (Å²) >= 11 is 0. The molecule has 1 aliphatic rings. The van der Waals surface area contributed by atoms with E-state index in [1.807, 2.05) is 0 Å². The molecule has 1 amide bonds. The van der Waals surface area contributed by atoms with Crippen LogP contribution in [0.5, 0.6) is 0 Å². The number of ether oxygens (including phenoxy) is 1. The molecule has 22 heavy (non-hydrogen) atoms. The first-order valence-electron chi connectivity index (χ1n) is 6.62. The Hall–Kier alpha value is -1.30. The van der Waals surface area contributed by atoms with Crippen molar-refractivity contribution in [1.29, 1.82) is 0 Å². The van der Waals surface area contributed by atoms with Crippen LogP contribution in [0.2, 0.25) is 0 Å². The van der Waals surface area contributed by atoms with Gasteiger partial charge in [0.25, 0.3) is 5.79 Å². The van der Waals surface area contributed by atoms with Gasteiger partial charge in [-0.3, -0.25) is 4.79 Å². The number of aliphatic hydroxyl groups is 5. The fourth-order valence-corrected chi connectivity index (χ4v) is 2.38. The number of hydrogen-bond donors (Lipinski definition) is 7. The number of carboxylic acids is 1. The molecule has 0 bridgehead atoms. The summed E-state index contributed by atoms with van der Waals surface area (Å²) in [5, 5.41) is 59.9. The zero-order valence-electron chi connectivity index (χ0n) is 12.1. The van der Waals surface area contributed by atoms with Crippen molar-refractivity contribution >= 4 is 11.9 Å². The predicted molar refractivity (Wildman–Crippen MR) is 69.3 cm³/mol. The van der Waals surface area contributed by atoms with Crippen LogP contribution in [-0.4, -0.2) is 85.4 Å². The van der Waals surface area contributed by atoms with Gasteiger partial charge in [0, 0.05) is 12.8 Å². The predicted octanol–water partition coefficient (Wildman–Crippen LogP) is -3.63. The lowest BCUT2D eigenvalue weighted by molar-refractivity contribution is -0.317. The summed E-state index contributed by atoms with van der Waals surface area (Å²) in [6.07, 6.45) is -6.81. The van der Waals surface area contributed by atoms with E-state index >= 15 is 0 Å². The molecule has 1 aliphatic heterocycles. The van der Waals surface area contributed by atoms with E-state index in [0.717, 1.165) is 6.92 Å². The molecule has 0 saturated carbocycles. The summed E-state index contributed by atoms with van der Waals surface area (Å²) in [7, 11) is 0. The fourth-order valence-electron chi connectivity index (χ4n) is 2.38. The summed E-state index contributed by atoms with van der Waals surface area (Å²) in [5.74, 6) is -6.56. The number of nitrogens with one attached hydrogen (secondary N) is 1. The molecule has 1 fully saturated rings. The monoisotopic (exact) mass is 323 g/mol. The zero-order chi connectivity index (χ0) is 17.2. The van der Waals surface area contributed by atoms with E-state index in [-0.39, 0.29) is 0 Å². The molecule has 0 aliphatic carbocycles. The van der Waals surface area contributed by atoms with Gasteiger partial charge in [-0.15, -0.1) is 0 Å². The molecule has 1 saturated heterocycles. The number of aliphatic carboxylic acids is 1. The number of carboxylic acid groups (broad SMARTS) is 1. The summed E-state index contributed by atoms with van der Waals surface area (Å²) in [6.45, 7) is 1.45. The molecule has 0 spiro atoms. The lowest BCUT2D eigenvalue weighted by Crippen LogP contribution is -2.70. The molecule has 7 N–H and O–H groups in total. The topological polar surface area (TPSA) is 177 Å². The smallest absolute Gasteiger partial charge is 0.364 e. The molecule has 5 unspecified atom stereocenters. The van der Waals surface area contributed by atoms with Crippen molar-refractivity contribution in [2.75, 3.05) is 6.61 Å². The van der Waals surface area contributed by atoms with Crippen molar-refractivity contribution in [3.63, 3.8) is 0 Å². The van der Waals surface area contributed by atoms with Crippen molar-refractivity contribution in [2.45, 2.75) is 50.1 Å². The molecule has 128 valence electrons. The van der Waals surface area contributed by atoms with Gasteiger partial charge in [0.1, 0.15) is 18.3 Å². The number of hydrogen-bond acceptors (Lipinski definition) is 8. The van der Waals surface area contributed by atoms with Crippen LogP contribution in [0.1, 0.15) is 13.8 Å². The molecule has 1 rings (SSSR count). The van der Waals surface area contributed by atoms with Crippen molar-refractivity contribution in [2.24, 2.45) is 5.92 Å². The highest BCUT2D eigenvalue weighted by Crippen LogP contribution is 2.35. The summed E-state index contributed by atoms with van der Waals surface area (Å²) in [4.78, 5) is 22.4. The van der Waals surface area contributed by atoms with Crippen molar-refractivity contribution < 1.29 is 45.0 Å². The summed E-state index contributed by atoms with van der Waals surface area (Å²) in [6, 6.07) is -1.29. The van der Waals surface area contributed by atoms with Crippen LogP contribution < -0.4 is 5.32 Å². The molecule has 0 aromatic rings. The molecule has 7 atom stereocenters. The molecular formula is C12H21NO9. The van der Waals surface area contributed by atoms with Crippen LogP contribution in [0.15, 0.2) is 0 Å². The first kappa shape index (κ1) is 18.7. The Morgan fingerprint density at radius 3 is 2.32 bits per heavy atom. The molecule has 0 aromatic carbocycles. The number of amides is 1. The zero-order valence-corrected chi connectivity index (χ0v) is 12.1. The Kier molecular flexibility index (Phi) is 5.84. The Morgan fingerprint density at radius 1 is 1.36 bits per heavy atom. The van der Waals surface area contributed by atoms with Gasteiger partial charge in [-0.1, -0.05) is 6.92 Å².